The summed E-state index contributed by atoms with van der Waals surface area (Å²) in [6, 6.07) is 8.23. The van der Waals surface area contributed by atoms with Crippen LogP contribution in [0.3, 0.4) is 0 Å². The Morgan fingerprint density at radius 1 is 0.921 bits per heavy atom. The van der Waals surface area contributed by atoms with Crippen LogP contribution < -0.4 is 0 Å². The Labute approximate surface area is 228 Å². The Balaban J connectivity index is 1.90. The molecule has 2 aliphatic heterocycles. The number of ether oxygens (including phenoxy) is 2. The number of aryl methyl sites for hydroxylation is 1. The van der Waals surface area contributed by atoms with Crippen LogP contribution in [0.4, 0.5) is 0 Å². The summed E-state index contributed by atoms with van der Waals surface area (Å²) in [5.74, 6) is -0.436. The van der Waals surface area contributed by atoms with E-state index in [2.05, 4.69) is 24.3 Å². The van der Waals surface area contributed by atoms with Crippen molar-refractivity contribution in [3.63, 3.8) is 0 Å². The molecule has 0 aromatic heterocycles. The summed E-state index contributed by atoms with van der Waals surface area (Å²) in [6.07, 6.45) is 1.91. The average molecular weight is 543 g/mol. The van der Waals surface area contributed by atoms with E-state index in [1.807, 2.05) is 41.5 Å². The topological polar surface area (TPSA) is 76.1 Å². The zero-order valence-corrected chi connectivity index (χ0v) is 24.7. The minimum absolute atomic E-state index is 0.244. The quantitative estimate of drug-likeness (QED) is 0.417. The van der Waals surface area contributed by atoms with Crippen molar-refractivity contribution in [2.45, 2.75) is 92.5 Å². The summed E-state index contributed by atoms with van der Waals surface area (Å²) in [5.41, 5.74) is 7.02. The molecule has 4 rings (SSSR count). The molecule has 38 heavy (non-hydrogen) atoms. The molecule has 0 aliphatic carbocycles. The van der Waals surface area contributed by atoms with Gasteiger partial charge in [-0.1, -0.05) is 36.2 Å². The number of rotatable bonds is 7. The molecule has 0 spiro atoms. The number of hydrogen-bond donors (Lipinski definition) is 0. The lowest BCUT2D eigenvalue weighted by Gasteiger charge is -2.31. The highest BCUT2D eigenvalue weighted by atomic mass is 32.2. The fraction of sp³-hybridized carbons (Fsp3) is 0.567. The maximum atomic E-state index is 13.6. The lowest BCUT2D eigenvalue weighted by atomic mass is 9.83. The largest absolute Gasteiger partial charge is 0.464 e. The second-order valence-electron chi connectivity index (χ2n) is 11.5. The van der Waals surface area contributed by atoms with Crippen molar-refractivity contribution in [2.75, 3.05) is 19.7 Å². The summed E-state index contributed by atoms with van der Waals surface area (Å²) >= 11 is 0. The molecule has 2 aromatic carbocycles. The smallest absolute Gasteiger partial charge is 0.339 e. The van der Waals surface area contributed by atoms with Crippen LogP contribution in [0.25, 0.3) is 11.1 Å². The number of hydrogen-bond acceptors (Lipinski definition) is 5. The van der Waals surface area contributed by atoms with Gasteiger partial charge in [-0.25, -0.2) is 4.79 Å². The van der Waals surface area contributed by atoms with Gasteiger partial charge in [0, 0.05) is 31.7 Å². The summed E-state index contributed by atoms with van der Waals surface area (Å²) in [7, 11) is -3.59. The van der Waals surface area contributed by atoms with Crippen molar-refractivity contribution in [2.24, 2.45) is 0 Å². The zero-order chi connectivity index (χ0) is 27.8. The molecule has 7 nitrogen and oxygen atoms in total. The normalized spacial score (nSPS) is 17.9. The second-order valence-corrected chi connectivity index (χ2v) is 13.4. The summed E-state index contributed by atoms with van der Waals surface area (Å²) < 4.78 is 42.4. The van der Waals surface area contributed by atoms with Gasteiger partial charge in [0.15, 0.2) is 6.10 Å². The van der Waals surface area contributed by atoms with E-state index in [0.29, 0.717) is 19.6 Å². The van der Waals surface area contributed by atoms with Crippen LogP contribution in [-0.2, 0) is 37.6 Å². The van der Waals surface area contributed by atoms with Crippen LogP contribution in [0.1, 0.15) is 86.4 Å². The molecule has 2 aromatic rings. The van der Waals surface area contributed by atoms with Crippen LogP contribution in [0, 0.1) is 20.8 Å². The lowest BCUT2D eigenvalue weighted by molar-refractivity contribution is -0.166. The number of fused-ring (bicyclic) bond motifs is 1. The Morgan fingerprint density at radius 2 is 1.50 bits per heavy atom. The molecule has 1 atom stereocenters. The minimum atomic E-state index is -3.59. The van der Waals surface area contributed by atoms with Crippen LogP contribution in [-0.4, -0.2) is 48.3 Å². The number of esters is 1. The highest BCUT2D eigenvalue weighted by Crippen LogP contribution is 2.44. The van der Waals surface area contributed by atoms with Gasteiger partial charge in [0.2, 0.25) is 0 Å². The van der Waals surface area contributed by atoms with E-state index in [0.717, 1.165) is 63.8 Å². The van der Waals surface area contributed by atoms with Gasteiger partial charge in [0.05, 0.1) is 12.2 Å². The van der Waals surface area contributed by atoms with Crippen LogP contribution >= 0.6 is 0 Å². The van der Waals surface area contributed by atoms with E-state index >= 15 is 0 Å². The Morgan fingerprint density at radius 3 is 2.05 bits per heavy atom. The fourth-order valence-electron chi connectivity index (χ4n) is 5.63. The first-order valence-electron chi connectivity index (χ1n) is 13.7. The third-order valence-electron chi connectivity index (χ3n) is 7.53. The molecule has 0 bridgehead atoms. The van der Waals surface area contributed by atoms with Crippen LogP contribution in [0.5, 0.6) is 0 Å². The highest BCUT2D eigenvalue weighted by molar-refractivity contribution is 7.86. The van der Waals surface area contributed by atoms with Crippen molar-refractivity contribution in [3.8, 4) is 11.1 Å². The summed E-state index contributed by atoms with van der Waals surface area (Å²) in [5, 5.41) is 0. The average Bonchev–Trinajstić information content (AvgIpc) is 3.33. The maximum Gasteiger partial charge on any atom is 0.339 e. The number of benzene rings is 2. The van der Waals surface area contributed by atoms with Gasteiger partial charge in [-0.3, -0.25) is 0 Å². The maximum absolute atomic E-state index is 13.6. The van der Waals surface area contributed by atoms with E-state index in [9.17, 15) is 13.2 Å². The predicted octanol–water partition coefficient (Wildman–Crippen LogP) is 5.74. The minimum Gasteiger partial charge on any atom is -0.464 e. The van der Waals surface area contributed by atoms with E-state index < -0.39 is 27.9 Å². The molecule has 0 radical (unpaired) electrons. The number of carbonyl (C=O) groups excluding carboxylic acids is 1. The molecule has 0 amide bonds. The monoisotopic (exact) mass is 542 g/mol. The third kappa shape index (κ3) is 5.69. The molecule has 0 N–H and O–H groups in total. The first kappa shape index (κ1) is 28.7. The van der Waals surface area contributed by atoms with Gasteiger partial charge < -0.3 is 9.47 Å². The van der Waals surface area contributed by atoms with E-state index in [4.69, 9.17) is 9.47 Å². The number of nitrogens with zero attached hydrogens (tertiary/aromatic N) is 2. The fourth-order valence-corrected chi connectivity index (χ4v) is 7.26. The number of piperidine rings is 1. The van der Waals surface area contributed by atoms with Crippen molar-refractivity contribution in [1.82, 2.24) is 8.61 Å². The summed E-state index contributed by atoms with van der Waals surface area (Å²) in [4.78, 5) is 13.4. The first-order chi connectivity index (χ1) is 17.8. The molecule has 208 valence electrons. The van der Waals surface area contributed by atoms with Gasteiger partial charge in [-0.2, -0.15) is 17.0 Å². The van der Waals surface area contributed by atoms with Gasteiger partial charge in [-0.05, 0) is 94.7 Å². The predicted molar refractivity (Wildman–Crippen MR) is 150 cm³/mol. The Kier molecular flexibility index (Phi) is 8.38. The van der Waals surface area contributed by atoms with E-state index in [1.165, 1.54) is 0 Å². The molecule has 1 fully saturated rings. The van der Waals surface area contributed by atoms with Gasteiger partial charge in [0.25, 0.3) is 10.2 Å². The first-order valence-corrected chi connectivity index (χ1v) is 15.1. The lowest BCUT2D eigenvalue weighted by Crippen LogP contribution is -2.43. The summed E-state index contributed by atoms with van der Waals surface area (Å²) in [6.45, 7) is 15.6. The van der Waals surface area contributed by atoms with Crippen molar-refractivity contribution < 1.29 is 22.7 Å². The van der Waals surface area contributed by atoms with Crippen LogP contribution in [0.15, 0.2) is 24.3 Å². The second kappa shape index (κ2) is 11.1. The van der Waals surface area contributed by atoms with Crippen molar-refractivity contribution in [3.05, 3.63) is 57.6 Å². The van der Waals surface area contributed by atoms with E-state index in [1.54, 1.807) is 15.5 Å². The molecule has 8 heteroatoms. The van der Waals surface area contributed by atoms with Gasteiger partial charge in [0.1, 0.15) is 0 Å². The highest BCUT2D eigenvalue weighted by Gasteiger charge is 2.40. The Hall–Kier alpha value is -2.26. The molecule has 0 saturated carbocycles. The third-order valence-corrected chi connectivity index (χ3v) is 9.46. The van der Waals surface area contributed by atoms with Gasteiger partial charge in [-0.15, -0.1) is 0 Å². The van der Waals surface area contributed by atoms with Crippen molar-refractivity contribution in [1.29, 1.82) is 0 Å². The van der Waals surface area contributed by atoms with E-state index in [-0.39, 0.29) is 13.2 Å². The zero-order valence-electron chi connectivity index (χ0n) is 23.9. The SMILES string of the molecule is CCOC(=O)[C@@H](OC(C)(C)C)c1c(C)c2c(c(C)c1-c1ccc(C)cc1)CN(S(=O)(=O)N1CCCCC1)C2. The Bertz CT molecular complexity index is 1290. The molecule has 1 saturated heterocycles. The number of carbonyl (C=O) groups is 1. The van der Waals surface area contributed by atoms with Crippen molar-refractivity contribution >= 4 is 16.2 Å². The molecule has 2 heterocycles. The van der Waals surface area contributed by atoms with Crippen LogP contribution in [0.2, 0.25) is 0 Å². The molecule has 2 aliphatic rings. The standard InChI is InChI=1S/C30H42N2O5S/c1-8-36-29(33)28(37-30(5,6)7)27-22(4)25-19-32(38(34,35)31-16-10-9-11-17-31)18-24(25)21(3)26(27)23-14-12-20(2)13-15-23/h12-15,28H,8-11,16-19H2,1-7H3/t28-/m0/s1. The van der Waals surface area contributed by atoms with Gasteiger partial charge >= 0.3 is 5.97 Å². The molecular formula is C30H42N2O5S. The molecular weight excluding hydrogens is 500 g/mol. The molecule has 0 unspecified atom stereocenters.